The Kier molecular flexibility index (Phi) is 5.72. The Morgan fingerprint density at radius 1 is 0.373 bits per heavy atom. The number of fused-ring (bicyclic) bond motifs is 14. The number of para-hydroxylation sites is 1. The zero-order valence-corrected chi connectivity index (χ0v) is 28.6. The first-order chi connectivity index (χ1) is 25.1. The minimum atomic E-state index is -0.409. The van der Waals surface area contributed by atoms with E-state index in [1.54, 1.807) is 0 Å². The summed E-state index contributed by atoms with van der Waals surface area (Å²) in [5.74, 6) is 1.88. The predicted molar refractivity (Wildman–Crippen MR) is 210 cm³/mol. The van der Waals surface area contributed by atoms with E-state index in [1.807, 2.05) is 0 Å². The lowest BCUT2D eigenvalue weighted by atomic mass is 9.70. The molecule has 0 saturated heterocycles. The van der Waals surface area contributed by atoms with E-state index in [0.717, 1.165) is 11.5 Å². The first-order valence-corrected chi connectivity index (χ1v) is 17.9. The summed E-state index contributed by atoms with van der Waals surface area (Å²) < 4.78 is 6.46. The van der Waals surface area contributed by atoms with Crippen LogP contribution in [-0.2, 0) is 10.8 Å². The highest BCUT2D eigenvalue weighted by molar-refractivity contribution is 6.08. The fourth-order valence-corrected chi connectivity index (χ4v) is 9.76. The molecule has 0 bridgehead atoms. The van der Waals surface area contributed by atoms with Gasteiger partial charge in [-0.15, -0.1) is 0 Å². The summed E-state index contributed by atoms with van der Waals surface area (Å²) in [5, 5.41) is 2.59. The molecule has 0 amide bonds. The van der Waals surface area contributed by atoms with Crippen molar-refractivity contribution < 1.29 is 4.74 Å². The molecule has 1 atom stereocenters. The minimum Gasteiger partial charge on any atom is -0.457 e. The van der Waals surface area contributed by atoms with Crippen molar-refractivity contribution in [2.45, 2.75) is 24.7 Å². The zero-order valence-electron chi connectivity index (χ0n) is 28.6. The van der Waals surface area contributed by atoms with Gasteiger partial charge < -0.3 is 4.74 Å². The number of ether oxygens (including phenoxy) is 1. The minimum absolute atomic E-state index is 0.193. The molecule has 240 valence electrons. The second kappa shape index (κ2) is 10.2. The van der Waals surface area contributed by atoms with Crippen molar-refractivity contribution in [2.75, 3.05) is 0 Å². The maximum atomic E-state index is 6.46. The van der Waals surface area contributed by atoms with E-state index in [1.165, 1.54) is 88.7 Å². The maximum absolute atomic E-state index is 6.46. The van der Waals surface area contributed by atoms with Gasteiger partial charge in [-0.1, -0.05) is 166 Å². The molecule has 3 aliphatic rings. The molecule has 51 heavy (non-hydrogen) atoms. The lowest BCUT2D eigenvalue weighted by molar-refractivity contribution is 0.418. The van der Waals surface area contributed by atoms with Crippen LogP contribution in [0.3, 0.4) is 0 Å². The fourth-order valence-electron chi connectivity index (χ4n) is 9.76. The van der Waals surface area contributed by atoms with Gasteiger partial charge in [0.2, 0.25) is 0 Å². The van der Waals surface area contributed by atoms with Crippen molar-refractivity contribution >= 4 is 10.8 Å². The van der Waals surface area contributed by atoms with Crippen LogP contribution in [0.4, 0.5) is 0 Å². The van der Waals surface area contributed by atoms with Gasteiger partial charge in [-0.25, -0.2) is 0 Å². The van der Waals surface area contributed by atoms with Gasteiger partial charge in [0.1, 0.15) is 11.5 Å². The lowest BCUT2D eigenvalue weighted by Crippen LogP contribution is -2.25. The van der Waals surface area contributed by atoms with Crippen molar-refractivity contribution in [1.29, 1.82) is 0 Å². The third kappa shape index (κ3) is 3.65. The summed E-state index contributed by atoms with van der Waals surface area (Å²) in [7, 11) is 0. The predicted octanol–water partition coefficient (Wildman–Crippen LogP) is 12.9. The normalized spacial score (nSPS) is 16.8. The molecule has 1 nitrogen and oxygen atoms in total. The summed E-state index contributed by atoms with van der Waals surface area (Å²) in [4.78, 5) is 0. The molecule has 0 radical (unpaired) electrons. The highest BCUT2D eigenvalue weighted by Crippen LogP contribution is 2.65. The number of benzene rings is 8. The van der Waals surface area contributed by atoms with Gasteiger partial charge in [-0.05, 0) is 95.7 Å². The molecule has 1 aliphatic heterocycles. The molecule has 1 heterocycles. The van der Waals surface area contributed by atoms with Crippen LogP contribution in [0, 0.1) is 0 Å². The van der Waals surface area contributed by atoms with E-state index >= 15 is 0 Å². The van der Waals surface area contributed by atoms with E-state index in [4.69, 9.17) is 4.74 Å². The molecule has 0 N–H and O–H groups in total. The molecule has 2 aliphatic carbocycles. The van der Waals surface area contributed by atoms with Crippen LogP contribution in [-0.4, -0.2) is 0 Å². The second-order valence-corrected chi connectivity index (χ2v) is 14.8. The van der Waals surface area contributed by atoms with Crippen molar-refractivity contribution in [3.05, 3.63) is 203 Å². The first-order valence-electron chi connectivity index (χ1n) is 17.9. The van der Waals surface area contributed by atoms with Gasteiger partial charge in [-0.2, -0.15) is 0 Å². The third-order valence-corrected chi connectivity index (χ3v) is 12.0. The molecule has 11 rings (SSSR count). The average Bonchev–Trinajstić information content (AvgIpc) is 3.66. The number of hydrogen-bond donors (Lipinski definition) is 0. The van der Waals surface area contributed by atoms with Gasteiger partial charge in [0.15, 0.2) is 0 Å². The highest BCUT2D eigenvalue weighted by atomic mass is 16.5. The monoisotopic (exact) mass is 650 g/mol. The van der Waals surface area contributed by atoms with E-state index < -0.39 is 5.41 Å². The number of rotatable bonds is 2. The summed E-state index contributed by atoms with van der Waals surface area (Å²) in [6, 6.07) is 62.9. The van der Waals surface area contributed by atoms with Crippen LogP contribution < -0.4 is 4.74 Å². The van der Waals surface area contributed by atoms with Crippen LogP contribution in [0.15, 0.2) is 170 Å². The van der Waals surface area contributed by atoms with E-state index in [2.05, 4.69) is 184 Å². The van der Waals surface area contributed by atoms with Crippen molar-refractivity contribution in [3.8, 4) is 56.0 Å². The molecule has 1 heteroatoms. The maximum Gasteiger partial charge on any atom is 0.131 e. The molecule has 0 saturated carbocycles. The molecule has 0 fully saturated rings. The Labute approximate surface area is 298 Å². The second-order valence-electron chi connectivity index (χ2n) is 14.8. The van der Waals surface area contributed by atoms with Crippen molar-refractivity contribution in [3.63, 3.8) is 0 Å². The van der Waals surface area contributed by atoms with Crippen LogP contribution in [0.5, 0.6) is 11.5 Å². The van der Waals surface area contributed by atoms with Crippen LogP contribution in [0.2, 0.25) is 0 Å². The lowest BCUT2D eigenvalue weighted by Gasteiger charge is -2.34. The van der Waals surface area contributed by atoms with Gasteiger partial charge in [0.05, 0.1) is 5.41 Å². The standard InChI is InChI=1S/C50H34O/c1-49(2)41-23-11-12-25-45(41)51-46-29-27-32(30-44(46)49)33-15-5-6-17-35(33)36-20-13-24-42-48(36)38-19-8-10-22-40(38)50(42)39-21-9-7-18-37(39)47-34-16-4-3-14-31(34)26-28-43(47)50/h3-30H,1-2H3. The summed E-state index contributed by atoms with van der Waals surface area (Å²) >= 11 is 0. The Balaban J connectivity index is 1.17. The Morgan fingerprint density at radius 2 is 0.941 bits per heavy atom. The van der Waals surface area contributed by atoms with Crippen LogP contribution in [0.25, 0.3) is 55.3 Å². The average molecular weight is 651 g/mol. The quantitative estimate of drug-likeness (QED) is 0.181. The van der Waals surface area contributed by atoms with Gasteiger partial charge in [0.25, 0.3) is 0 Å². The molecule has 1 spiro atoms. The Bertz CT molecular complexity index is 2770. The van der Waals surface area contributed by atoms with Crippen LogP contribution >= 0.6 is 0 Å². The SMILES string of the molecule is CC1(C)c2ccccc2Oc2ccc(-c3ccccc3-c3cccc4c3-c3ccccc3C43c4ccccc4-c4c3ccc3ccccc43)cc21. The summed E-state index contributed by atoms with van der Waals surface area (Å²) in [5.41, 5.74) is 17.5. The molecule has 8 aromatic rings. The first kappa shape index (κ1) is 28.6. The van der Waals surface area contributed by atoms with Crippen LogP contribution in [0.1, 0.15) is 47.2 Å². The van der Waals surface area contributed by atoms with E-state index in [0.29, 0.717) is 0 Å². The summed E-state index contributed by atoms with van der Waals surface area (Å²) in [6.07, 6.45) is 0. The molecule has 1 unspecified atom stereocenters. The Hall–Kier alpha value is -6.18. The van der Waals surface area contributed by atoms with Crippen molar-refractivity contribution in [2.24, 2.45) is 0 Å². The largest absolute Gasteiger partial charge is 0.457 e. The number of hydrogen-bond acceptors (Lipinski definition) is 1. The Morgan fingerprint density at radius 3 is 1.75 bits per heavy atom. The van der Waals surface area contributed by atoms with Gasteiger partial charge in [0, 0.05) is 16.5 Å². The summed E-state index contributed by atoms with van der Waals surface area (Å²) in [6.45, 7) is 4.62. The van der Waals surface area contributed by atoms with E-state index in [9.17, 15) is 0 Å². The smallest absolute Gasteiger partial charge is 0.131 e. The third-order valence-electron chi connectivity index (χ3n) is 12.0. The fraction of sp³-hybridized carbons (Fsp3) is 0.0800. The van der Waals surface area contributed by atoms with Gasteiger partial charge in [-0.3, -0.25) is 0 Å². The molecular weight excluding hydrogens is 617 g/mol. The highest BCUT2D eigenvalue weighted by Gasteiger charge is 2.52. The zero-order chi connectivity index (χ0) is 33.9. The van der Waals surface area contributed by atoms with Crippen molar-refractivity contribution in [1.82, 2.24) is 0 Å². The molecular formula is C50H34O. The van der Waals surface area contributed by atoms with E-state index in [-0.39, 0.29) is 5.41 Å². The van der Waals surface area contributed by atoms with Gasteiger partial charge >= 0.3 is 0 Å². The molecule has 8 aromatic carbocycles. The topological polar surface area (TPSA) is 9.23 Å². The molecule has 0 aromatic heterocycles.